The summed E-state index contributed by atoms with van der Waals surface area (Å²) >= 11 is 2.76. The van der Waals surface area contributed by atoms with Crippen molar-refractivity contribution in [1.82, 2.24) is 10.2 Å². The van der Waals surface area contributed by atoms with E-state index in [9.17, 15) is 24.0 Å². The van der Waals surface area contributed by atoms with Gasteiger partial charge in [-0.2, -0.15) is 5.26 Å². The van der Waals surface area contributed by atoms with Crippen LogP contribution in [0.2, 0.25) is 0 Å². The Kier molecular flexibility index (Phi) is 11.4. The lowest BCUT2D eigenvalue weighted by Crippen LogP contribution is -2.30. The van der Waals surface area contributed by atoms with Gasteiger partial charge in [-0.15, -0.1) is 23.1 Å². The summed E-state index contributed by atoms with van der Waals surface area (Å²) in [6.07, 6.45) is 2.03. The zero-order valence-electron chi connectivity index (χ0n) is 27.7. The van der Waals surface area contributed by atoms with Crippen LogP contribution >= 0.6 is 23.1 Å². The molecule has 8 nitrogen and oxygen atoms in total. The first-order chi connectivity index (χ1) is 24.8. The van der Waals surface area contributed by atoms with Gasteiger partial charge in [-0.05, 0) is 66.9 Å². The molecule has 0 radical (unpaired) electrons. The number of hydrogen-bond acceptors (Lipinski definition) is 7. The van der Waals surface area contributed by atoms with Crippen molar-refractivity contribution in [3.8, 4) is 6.07 Å². The number of carbonyl (C=O) groups is 3. The standard InChI is InChI=1S/C40H34FN5O3S2/c1-26(37(47)45-40-33(23-42)32-19-20-46(25-36(32)51-40)24-27-11-4-2-5-12-27)50-31-17-10-16-30(22-31)43-39(49)35(21-29-15-8-9-18-34(29)41)44-38(48)28-13-6-3-7-14-28/h2-18,21-22,26H,19-20,24-25H2,1H3,(H,43,49)(H,44,48)(H,45,47)/b35-21-. The molecule has 11 heteroatoms. The molecule has 0 fully saturated rings. The number of fused-ring (bicyclic) bond motifs is 1. The maximum atomic E-state index is 14.5. The largest absolute Gasteiger partial charge is 0.321 e. The summed E-state index contributed by atoms with van der Waals surface area (Å²) in [5.41, 5.74) is 3.52. The van der Waals surface area contributed by atoms with Gasteiger partial charge in [0.1, 0.15) is 22.6 Å². The Labute approximate surface area is 304 Å². The van der Waals surface area contributed by atoms with Crippen molar-refractivity contribution < 1.29 is 18.8 Å². The van der Waals surface area contributed by atoms with Crippen molar-refractivity contribution in [2.75, 3.05) is 17.2 Å². The maximum absolute atomic E-state index is 14.5. The molecule has 0 saturated heterocycles. The molecule has 1 aliphatic heterocycles. The van der Waals surface area contributed by atoms with Crippen molar-refractivity contribution in [1.29, 1.82) is 5.26 Å². The Morgan fingerprint density at radius 2 is 1.69 bits per heavy atom. The molecule has 51 heavy (non-hydrogen) atoms. The van der Waals surface area contributed by atoms with Gasteiger partial charge in [-0.1, -0.05) is 72.8 Å². The topological polar surface area (TPSA) is 114 Å². The summed E-state index contributed by atoms with van der Waals surface area (Å²) < 4.78 is 14.5. The van der Waals surface area contributed by atoms with E-state index in [1.54, 1.807) is 61.5 Å². The minimum absolute atomic E-state index is 0.135. The number of benzene rings is 4. The fraction of sp³-hybridized carbons (Fsp3) is 0.150. The number of thiophene rings is 1. The number of amides is 3. The maximum Gasteiger partial charge on any atom is 0.272 e. The summed E-state index contributed by atoms with van der Waals surface area (Å²) in [5.74, 6) is -1.96. The Hall–Kier alpha value is -5.54. The third-order valence-corrected chi connectivity index (χ3v) is 10.5. The molecule has 2 heterocycles. The second kappa shape index (κ2) is 16.4. The molecule has 3 amide bonds. The number of thioether (sulfide) groups is 1. The molecule has 256 valence electrons. The molecular formula is C40H34FN5O3S2. The van der Waals surface area contributed by atoms with E-state index in [-0.39, 0.29) is 17.2 Å². The summed E-state index contributed by atoms with van der Waals surface area (Å²) in [7, 11) is 0. The molecule has 1 aromatic heterocycles. The van der Waals surface area contributed by atoms with Crippen LogP contribution in [0.15, 0.2) is 120 Å². The lowest BCUT2D eigenvalue weighted by molar-refractivity contribution is -0.115. The van der Waals surface area contributed by atoms with Gasteiger partial charge >= 0.3 is 0 Å². The number of hydrogen-bond donors (Lipinski definition) is 3. The van der Waals surface area contributed by atoms with E-state index < -0.39 is 22.9 Å². The number of carbonyl (C=O) groups excluding carboxylic acids is 3. The third kappa shape index (κ3) is 8.98. The van der Waals surface area contributed by atoms with E-state index in [4.69, 9.17) is 0 Å². The van der Waals surface area contributed by atoms with Crippen molar-refractivity contribution in [3.63, 3.8) is 0 Å². The second-order valence-corrected chi connectivity index (χ2v) is 14.4. The van der Waals surface area contributed by atoms with E-state index >= 15 is 0 Å². The summed E-state index contributed by atoms with van der Waals surface area (Å²) in [5, 5.41) is 18.4. The Morgan fingerprint density at radius 1 is 0.961 bits per heavy atom. The average molecular weight is 716 g/mol. The van der Waals surface area contributed by atoms with Gasteiger partial charge in [0.15, 0.2) is 0 Å². The smallest absolute Gasteiger partial charge is 0.272 e. The number of anilines is 2. The fourth-order valence-corrected chi connectivity index (χ4v) is 7.82. The van der Waals surface area contributed by atoms with Gasteiger partial charge in [0, 0.05) is 46.2 Å². The second-order valence-electron chi connectivity index (χ2n) is 11.9. The Bertz CT molecular complexity index is 2130. The first kappa shape index (κ1) is 35.3. The number of nitrogens with zero attached hydrogens (tertiary/aromatic N) is 2. The van der Waals surface area contributed by atoms with E-state index in [1.165, 1.54) is 52.9 Å². The van der Waals surface area contributed by atoms with Gasteiger partial charge in [-0.3, -0.25) is 19.3 Å². The van der Waals surface area contributed by atoms with Crippen molar-refractivity contribution >= 4 is 57.6 Å². The average Bonchev–Trinajstić information content (AvgIpc) is 3.49. The summed E-state index contributed by atoms with van der Waals surface area (Å²) in [4.78, 5) is 44.0. The minimum atomic E-state index is -0.650. The van der Waals surface area contributed by atoms with Gasteiger partial charge in [-0.25, -0.2) is 4.39 Å². The lowest BCUT2D eigenvalue weighted by atomic mass is 10.0. The minimum Gasteiger partial charge on any atom is -0.321 e. The highest BCUT2D eigenvalue weighted by molar-refractivity contribution is 8.00. The van der Waals surface area contributed by atoms with Gasteiger partial charge < -0.3 is 16.0 Å². The molecule has 5 aromatic rings. The van der Waals surface area contributed by atoms with E-state index in [0.717, 1.165) is 36.5 Å². The molecule has 0 bridgehead atoms. The number of nitrogens with one attached hydrogen (secondary N) is 3. The number of rotatable bonds is 11. The van der Waals surface area contributed by atoms with Crippen LogP contribution < -0.4 is 16.0 Å². The fourth-order valence-electron chi connectivity index (χ4n) is 5.65. The molecular weight excluding hydrogens is 682 g/mol. The predicted molar refractivity (Wildman–Crippen MR) is 201 cm³/mol. The molecule has 1 atom stereocenters. The highest BCUT2D eigenvalue weighted by Crippen LogP contribution is 2.38. The van der Waals surface area contributed by atoms with Crippen LogP contribution in [-0.4, -0.2) is 34.4 Å². The molecule has 0 aliphatic carbocycles. The first-order valence-corrected chi connectivity index (χ1v) is 18.0. The highest BCUT2D eigenvalue weighted by Gasteiger charge is 2.26. The first-order valence-electron chi connectivity index (χ1n) is 16.3. The third-order valence-electron chi connectivity index (χ3n) is 8.24. The molecule has 1 aliphatic rings. The van der Waals surface area contributed by atoms with Gasteiger partial charge in [0.25, 0.3) is 11.8 Å². The molecule has 0 saturated carbocycles. The zero-order valence-corrected chi connectivity index (χ0v) is 29.3. The predicted octanol–water partition coefficient (Wildman–Crippen LogP) is 7.85. The van der Waals surface area contributed by atoms with Crippen LogP contribution in [0, 0.1) is 17.1 Å². The van der Waals surface area contributed by atoms with Gasteiger partial charge in [0.05, 0.1) is 10.8 Å². The molecule has 3 N–H and O–H groups in total. The van der Waals surface area contributed by atoms with Crippen LogP contribution in [0.1, 0.15) is 44.4 Å². The van der Waals surface area contributed by atoms with Crippen LogP contribution in [0.25, 0.3) is 6.08 Å². The van der Waals surface area contributed by atoms with Gasteiger partial charge in [0.2, 0.25) is 5.91 Å². The number of halogens is 1. The highest BCUT2D eigenvalue weighted by atomic mass is 32.2. The van der Waals surface area contributed by atoms with Crippen LogP contribution in [0.5, 0.6) is 0 Å². The van der Waals surface area contributed by atoms with Crippen LogP contribution in [0.4, 0.5) is 15.1 Å². The SMILES string of the molecule is CC(Sc1cccc(NC(=O)/C(=C/c2ccccc2F)NC(=O)c2ccccc2)c1)C(=O)Nc1sc2c(c1C#N)CCN(Cc1ccccc1)C2. The normalized spacial score (nSPS) is 13.4. The van der Waals surface area contributed by atoms with Crippen molar-refractivity contribution in [3.05, 3.63) is 153 Å². The molecule has 1 unspecified atom stereocenters. The Balaban J connectivity index is 1.11. The number of nitriles is 1. The Morgan fingerprint density at radius 3 is 2.43 bits per heavy atom. The van der Waals surface area contributed by atoms with Crippen LogP contribution in [-0.2, 0) is 29.1 Å². The van der Waals surface area contributed by atoms with Crippen LogP contribution in [0.3, 0.4) is 0 Å². The molecule has 0 spiro atoms. The quantitative estimate of drug-likeness (QED) is 0.0949. The van der Waals surface area contributed by atoms with Crippen molar-refractivity contribution in [2.45, 2.75) is 36.6 Å². The van der Waals surface area contributed by atoms with E-state index in [1.807, 2.05) is 24.3 Å². The van der Waals surface area contributed by atoms with E-state index in [2.05, 4.69) is 39.1 Å². The van der Waals surface area contributed by atoms with Crippen molar-refractivity contribution in [2.24, 2.45) is 0 Å². The monoisotopic (exact) mass is 715 g/mol. The van der Waals surface area contributed by atoms with E-state index in [0.29, 0.717) is 26.7 Å². The molecule has 4 aromatic carbocycles. The lowest BCUT2D eigenvalue weighted by Gasteiger charge is -2.26. The summed E-state index contributed by atoms with van der Waals surface area (Å²) in [6, 6.07) is 33.9. The zero-order chi connectivity index (χ0) is 35.7. The summed E-state index contributed by atoms with van der Waals surface area (Å²) in [6.45, 7) is 4.15. The molecule has 6 rings (SSSR count).